The predicted molar refractivity (Wildman–Crippen MR) is 135 cm³/mol. The van der Waals surface area contributed by atoms with Crippen LogP contribution in [0.15, 0.2) is 109 Å². The number of rotatable bonds is 6. The molecule has 35 heavy (non-hydrogen) atoms. The van der Waals surface area contributed by atoms with Gasteiger partial charge in [0.15, 0.2) is 0 Å². The van der Waals surface area contributed by atoms with E-state index < -0.39 is 0 Å². The van der Waals surface area contributed by atoms with E-state index >= 15 is 0 Å². The zero-order chi connectivity index (χ0) is 24.1. The monoisotopic (exact) mass is 462 g/mol. The first-order valence-electron chi connectivity index (χ1n) is 11.9. The van der Waals surface area contributed by atoms with Gasteiger partial charge >= 0.3 is 11.9 Å². The first-order valence-corrected chi connectivity index (χ1v) is 11.9. The maximum Gasteiger partial charge on any atom is 0.343 e. The summed E-state index contributed by atoms with van der Waals surface area (Å²) in [5, 5.41) is 0. The van der Waals surface area contributed by atoms with Crippen LogP contribution >= 0.6 is 0 Å². The average molecular weight is 463 g/mol. The normalized spacial score (nSPS) is 14.3. The quantitative estimate of drug-likeness (QED) is 0.229. The molecule has 0 radical (unpaired) electrons. The van der Waals surface area contributed by atoms with Gasteiger partial charge in [-0.2, -0.15) is 0 Å². The lowest BCUT2D eigenvalue weighted by Gasteiger charge is -2.30. The molecule has 4 aromatic rings. The van der Waals surface area contributed by atoms with E-state index in [1.165, 1.54) is 11.1 Å². The summed E-state index contributed by atoms with van der Waals surface area (Å²) >= 11 is 0. The maximum absolute atomic E-state index is 12.4. The van der Waals surface area contributed by atoms with Crippen LogP contribution < -0.4 is 9.47 Å². The van der Waals surface area contributed by atoms with Crippen molar-refractivity contribution in [2.75, 3.05) is 0 Å². The van der Waals surface area contributed by atoms with Crippen LogP contribution in [0.1, 0.15) is 57.5 Å². The highest BCUT2D eigenvalue weighted by Gasteiger charge is 2.37. The molecule has 0 bridgehead atoms. The molecule has 1 fully saturated rings. The smallest absolute Gasteiger partial charge is 0.343 e. The van der Waals surface area contributed by atoms with Crippen LogP contribution in [0.25, 0.3) is 0 Å². The van der Waals surface area contributed by atoms with Crippen molar-refractivity contribution in [3.63, 3.8) is 0 Å². The van der Waals surface area contributed by atoms with Crippen LogP contribution in [0.5, 0.6) is 11.5 Å². The summed E-state index contributed by atoms with van der Waals surface area (Å²) < 4.78 is 11.1. The fourth-order valence-electron chi connectivity index (χ4n) is 4.89. The number of carbonyl (C=O) groups excluding carboxylic acids is 2. The molecule has 1 saturated carbocycles. The van der Waals surface area contributed by atoms with Crippen molar-refractivity contribution in [1.29, 1.82) is 0 Å². The highest BCUT2D eigenvalue weighted by atomic mass is 16.5. The second-order valence-corrected chi connectivity index (χ2v) is 8.85. The summed E-state index contributed by atoms with van der Waals surface area (Å²) in [6, 6.07) is 33.7. The Morgan fingerprint density at radius 3 is 1.26 bits per heavy atom. The molecule has 0 aromatic heterocycles. The lowest BCUT2D eigenvalue weighted by Crippen LogP contribution is -2.23. The average Bonchev–Trinajstić information content (AvgIpc) is 3.42. The van der Waals surface area contributed by atoms with Crippen LogP contribution in [0.4, 0.5) is 0 Å². The molecule has 4 heteroatoms. The highest BCUT2D eigenvalue weighted by Crippen LogP contribution is 2.47. The zero-order valence-electron chi connectivity index (χ0n) is 19.4. The van der Waals surface area contributed by atoms with E-state index in [1.807, 2.05) is 60.7 Å². The number of hydrogen-bond donors (Lipinski definition) is 0. The van der Waals surface area contributed by atoms with Gasteiger partial charge in [0.2, 0.25) is 0 Å². The molecule has 4 nitrogen and oxygen atoms in total. The molecule has 0 spiro atoms. The SMILES string of the molecule is O=C(Oc1ccc(C2(c3ccc(OC(=O)c4ccccc4)cc3)CCCC2)cc1)c1ccccc1. The van der Waals surface area contributed by atoms with Gasteiger partial charge < -0.3 is 9.47 Å². The highest BCUT2D eigenvalue weighted by molar-refractivity contribution is 5.91. The molecular formula is C31H26O4. The van der Waals surface area contributed by atoms with Gasteiger partial charge in [-0.3, -0.25) is 0 Å². The standard InChI is InChI=1S/C31H26O4/c32-29(23-9-3-1-4-10-23)34-27-17-13-25(14-18-27)31(21-7-8-22-31)26-15-19-28(20-16-26)35-30(33)24-11-5-2-6-12-24/h1-6,9-20H,7-8,21-22H2. The van der Waals surface area contributed by atoms with Crippen molar-refractivity contribution in [3.8, 4) is 11.5 Å². The number of esters is 2. The molecular weight excluding hydrogens is 436 g/mol. The van der Waals surface area contributed by atoms with Gasteiger partial charge in [-0.05, 0) is 72.5 Å². The minimum absolute atomic E-state index is 0.107. The Bertz CT molecular complexity index is 1190. The first-order chi connectivity index (χ1) is 17.1. The fourth-order valence-corrected chi connectivity index (χ4v) is 4.89. The van der Waals surface area contributed by atoms with E-state index in [0.29, 0.717) is 22.6 Å². The Morgan fingerprint density at radius 1 is 0.514 bits per heavy atom. The second kappa shape index (κ2) is 9.98. The van der Waals surface area contributed by atoms with Crippen molar-refractivity contribution in [3.05, 3.63) is 131 Å². The Kier molecular flexibility index (Phi) is 6.44. The van der Waals surface area contributed by atoms with E-state index in [9.17, 15) is 9.59 Å². The van der Waals surface area contributed by atoms with Gasteiger partial charge in [0, 0.05) is 5.41 Å². The molecule has 0 aliphatic heterocycles. The van der Waals surface area contributed by atoms with Gasteiger partial charge in [0.05, 0.1) is 11.1 Å². The molecule has 174 valence electrons. The van der Waals surface area contributed by atoms with E-state index in [0.717, 1.165) is 25.7 Å². The summed E-state index contributed by atoms with van der Waals surface area (Å²) in [6.45, 7) is 0. The van der Waals surface area contributed by atoms with Gasteiger partial charge in [-0.15, -0.1) is 0 Å². The Balaban J connectivity index is 1.33. The third-order valence-electron chi connectivity index (χ3n) is 6.71. The van der Waals surface area contributed by atoms with Crippen LogP contribution in [-0.4, -0.2) is 11.9 Å². The molecule has 0 amide bonds. The van der Waals surface area contributed by atoms with E-state index in [1.54, 1.807) is 24.3 Å². The van der Waals surface area contributed by atoms with Crippen molar-refractivity contribution in [2.45, 2.75) is 31.1 Å². The van der Waals surface area contributed by atoms with Gasteiger partial charge in [0.1, 0.15) is 11.5 Å². The molecule has 5 rings (SSSR count). The van der Waals surface area contributed by atoms with Crippen LogP contribution in [0.3, 0.4) is 0 Å². The van der Waals surface area contributed by atoms with Gasteiger partial charge in [-0.25, -0.2) is 9.59 Å². The van der Waals surface area contributed by atoms with Crippen molar-refractivity contribution < 1.29 is 19.1 Å². The second-order valence-electron chi connectivity index (χ2n) is 8.85. The van der Waals surface area contributed by atoms with Crippen LogP contribution in [0, 0.1) is 0 Å². The lowest BCUT2D eigenvalue weighted by molar-refractivity contribution is 0.0725. The lowest BCUT2D eigenvalue weighted by atomic mass is 9.73. The minimum Gasteiger partial charge on any atom is -0.423 e. The zero-order valence-corrected chi connectivity index (χ0v) is 19.4. The Hall–Kier alpha value is -4.18. The molecule has 0 N–H and O–H groups in total. The topological polar surface area (TPSA) is 52.6 Å². The first kappa shape index (κ1) is 22.6. The summed E-state index contributed by atoms with van der Waals surface area (Å²) in [5.41, 5.74) is 3.34. The molecule has 1 aliphatic carbocycles. The summed E-state index contributed by atoms with van der Waals surface area (Å²) in [5.74, 6) is 0.321. The third kappa shape index (κ3) is 4.87. The van der Waals surface area contributed by atoms with E-state index in [2.05, 4.69) is 24.3 Å². The van der Waals surface area contributed by atoms with Gasteiger partial charge in [0.25, 0.3) is 0 Å². The molecule has 0 unspecified atom stereocenters. The maximum atomic E-state index is 12.4. The minimum atomic E-state index is -0.366. The predicted octanol–water partition coefficient (Wildman–Crippen LogP) is 6.99. The van der Waals surface area contributed by atoms with E-state index in [4.69, 9.17) is 9.47 Å². The third-order valence-corrected chi connectivity index (χ3v) is 6.71. The molecule has 1 aliphatic rings. The number of benzene rings is 4. The Labute approximate surface area is 205 Å². The number of hydrogen-bond acceptors (Lipinski definition) is 4. The number of carbonyl (C=O) groups is 2. The van der Waals surface area contributed by atoms with Crippen molar-refractivity contribution in [1.82, 2.24) is 0 Å². The summed E-state index contributed by atoms with van der Waals surface area (Å²) in [4.78, 5) is 24.8. The Morgan fingerprint density at radius 2 is 0.886 bits per heavy atom. The van der Waals surface area contributed by atoms with E-state index in [-0.39, 0.29) is 17.4 Å². The number of ether oxygens (including phenoxy) is 2. The molecule has 0 heterocycles. The van der Waals surface area contributed by atoms with Crippen LogP contribution in [0.2, 0.25) is 0 Å². The summed E-state index contributed by atoms with van der Waals surface area (Å²) in [7, 11) is 0. The molecule has 4 aromatic carbocycles. The van der Waals surface area contributed by atoms with Crippen molar-refractivity contribution >= 4 is 11.9 Å². The van der Waals surface area contributed by atoms with Crippen molar-refractivity contribution in [2.24, 2.45) is 0 Å². The van der Waals surface area contributed by atoms with Crippen LogP contribution in [-0.2, 0) is 5.41 Å². The molecule has 0 atom stereocenters. The molecule has 0 saturated heterocycles. The largest absolute Gasteiger partial charge is 0.423 e. The fraction of sp³-hybridized carbons (Fsp3) is 0.161. The summed E-state index contributed by atoms with van der Waals surface area (Å²) in [6.07, 6.45) is 4.38. The van der Waals surface area contributed by atoms with Gasteiger partial charge in [-0.1, -0.05) is 73.5 Å².